The van der Waals surface area contributed by atoms with Crippen LogP contribution in [0, 0.1) is 17.8 Å². The Balaban J connectivity index is 2.33. The molecular weight excluding hydrogens is 278 g/mol. The van der Waals surface area contributed by atoms with Crippen molar-refractivity contribution in [3.05, 3.63) is 38.2 Å². The number of nitrogen functional groups attached to an aromatic ring is 1. The van der Waals surface area contributed by atoms with E-state index in [0.29, 0.717) is 14.6 Å². The van der Waals surface area contributed by atoms with Gasteiger partial charge in [0, 0.05) is 12.7 Å². The van der Waals surface area contributed by atoms with Gasteiger partial charge in [0.15, 0.2) is 3.95 Å². The lowest BCUT2D eigenvalue weighted by molar-refractivity contribution is 0.103. The Labute approximate surface area is 120 Å². The van der Waals surface area contributed by atoms with Gasteiger partial charge in [-0.05, 0) is 43.3 Å². The number of thiazole rings is 1. The molecule has 1 heterocycles. The monoisotopic (exact) mass is 293 g/mol. The Morgan fingerprint density at radius 2 is 2.11 bits per heavy atom. The van der Waals surface area contributed by atoms with Crippen molar-refractivity contribution in [2.75, 3.05) is 11.1 Å². The third-order valence-electron chi connectivity index (χ3n) is 2.90. The molecule has 2 aromatic rings. The molecule has 0 aliphatic carbocycles. The standard InChI is InChI=1S/C13H15N3OS2/c1-7-4-5-8(2)9(6-7)15-12(17)10-11(14)16(3)13(18)19-10/h4-6H,14H2,1-3H3,(H,15,17). The average Bonchev–Trinajstić information content (AvgIpc) is 2.62. The van der Waals surface area contributed by atoms with Crippen LogP contribution in [0.2, 0.25) is 0 Å². The molecule has 1 aromatic carbocycles. The van der Waals surface area contributed by atoms with Crippen LogP contribution >= 0.6 is 23.6 Å². The minimum atomic E-state index is -0.220. The second kappa shape index (κ2) is 5.14. The first-order valence-corrected chi connectivity index (χ1v) is 6.96. The summed E-state index contributed by atoms with van der Waals surface area (Å²) >= 11 is 6.33. The number of nitrogens with two attached hydrogens (primary N) is 1. The Hall–Kier alpha value is -1.66. The first-order valence-electron chi connectivity index (χ1n) is 5.74. The zero-order chi connectivity index (χ0) is 14.2. The molecule has 1 amide bonds. The molecule has 19 heavy (non-hydrogen) atoms. The van der Waals surface area contributed by atoms with E-state index in [1.807, 2.05) is 32.0 Å². The van der Waals surface area contributed by atoms with Crippen molar-refractivity contribution in [2.45, 2.75) is 13.8 Å². The van der Waals surface area contributed by atoms with Gasteiger partial charge in [-0.1, -0.05) is 23.5 Å². The molecule has 3 N–H and O–H groups in total. The summed E-state index contributed by atoms with van der Waals surface area (Å²) in [6.45, 7) is 3.93. The second-order valence-electron chi connectivity index (χ2n) is 4.41. The number of anilines is 2. The van der Waals surface area contributed by atoms with Gasteiger partial charge in [-0.3, -0.25) is 4.79 Å². The molecule has 6 heteroatoms. The molecule has 0 unspecified atom stereocenters. The third kappa shape index (κ3) is 2.69. The van der Waals surface area contributed by atoms with E-state index in [1.54, 1.807) is 11.6 Å². The van der Waals surface area contributed by atoms with Crippen LogP contribution in [0.5, 0.6) is 0 Å². The first-order chi connectivity index (χ1) is 8.90. The fraction of sp³-hybridized carbons (Fsp3) is 0.231. The summed E-state index contributed by atoms with van der Waals surface area (Å²) in [7, 11) is 1.75. The maximum absolute atomic E-state index is 12.2. The molecule has 2 rings (SSSR count). The van der Waals surface area contributed by atoms with Gasteiger partial charge in [0.05, 0.1) is 0 Å². The molecule has 0 atom stereocenters. The lowest BCUT2D eigenvalue weighted by Gasteiger charge is -2.08. The molecule has 0 aliphatic rings. The Morgan fingerprint density at radius 3 is 2.68 bits per heavy atom. The van der Waals surface area contributed by atoms with Crippen LogP contribution in [0.4, 0.5) is 11.5 Å². The summed E-state index contributed by atoms with van der Waals surface area (Å²) in [4.78, 5) is 12.7. The van der Waals surface area contributed by atoms with Gasteiger partial charge in [0.25, 0.3) is 5.91 Å². The number of amides is 1. The summed E-state index contributed by atoms with van der Waals surface area (Å²) in [5.41, 5.74) is 8.77. The largest absolute Gasteiger partial charge is 0.384 e. The normalized spacial score (nSPS) is 10.5. The van der Waals surface area contributed by atoms with Crippen molar-refractivity contribution in [1.82, 2.24) is 4.57 Å². The quantitative estimate of drug-likeness (QED) is 0.835. The van der Waals surface area contributed by atoms with Gasteiger partial charge in [0.2, 0.25) is 0 Å². The zero-order valence-electron chi connectivity index (χ0n) is 11.0. The number of hydrogen-bond acceptors (Lipinski definition) is 4. The van der Waals surface area contributed by atoms with Gasteiger partial charge in [0.1, 0.15) is 10.7 Å². The van der Waals surface area contributed by atoms with E-state index in [9.17, 15) is 4.79 Å². The van der Waals surface area contributed by atoms with Gasteiger partial charge in [-0.25, -0.2) is 0 Å². The van der Waals surface area contributed by atoms with Crippen molar-refractivity contribution in [2.24, 2.45) is 7.05 Å². The van der Waals surface area contributed by atoms with E-state index in [4.69, 9.17) is 18.0 Å². The maximum atomic E-state index is 12.2. The fourth-order valence-corrected chi connectivity index (χ4v) is 2.81. The van der Waals surface area contributed by atoms with Gasteiger partial charge < -0.3 is 15.6 Å². The van der Waals surface area contributed by atoms with Crippen molar-refractivity contribution in [1.29, 1.82) is 0 Å². The number of carbonyl (C=O) groups is 1. The molecule has 0 saturated carbocycles. The number of carbonyl (C=O) groups excluding carboxylic acids is 1. The van der Waals surface area contributed by atoms with Crippen LogP contribution in [-0.2, 0) is 7.05 Å². The van der Waals surface area contributed by atoms with E-state index < -0.39 is 0 Å². The number of nitrogens with one attached hydrogen (secondary N) is 1. The number of nitrogens with zero attached hydrogens (tertiary/aromatic N) is 1. The van der Waals surface area contributed by atoms with E-state index in [2.05, 4.69) is 5.32 Å². The smallest absolute Gasteiger partial charge is 0.269 e. The second-order valence-corrected chi connectivity index (χ2v) is 6.06. The van der Waals surface area contributed by atoms with E-state index in [-0.39, 0.29) is 5.91 Å². The van der Waals surface area contributed by atoms with Crippen LogP contribution in [0.25, 0.3) is 0 Å². The predicted octanol–water partition coefficient (Wildman–Crippen LogP) is 3.27. The minimum absolute atomic E-state index is 0.220. The van der Waals surface area contributed by atoms with Crippen LogP contribution < -0.4 is 11.1 Å². The molecule has 0 spiro atoms. The van der Waals surface area contributed by atoms with Crippen LogP contribution in [0.1, 0.15) is 20.8 Å². The summed E-state index contributed by atoms with van der Waals surface area (Å²) in [6.07, 6.45) is 0. The minimum Gasteiger partial charge on any atom is -0.384 e. The van der Waals surface area contributed by atoms with Crippen LogP contribution in [-0.4, -0.2) is 10.5 Å². The van der Waals surface area contributed by atoms with Crippen molar-refractivity contribution < 1.29 is 4.79 Å². The fourth-order valence-electron chi connectivity index (χ4n) is 1.67. The number of aryl methyl sites for hydroxylation is 2. The number of hydrogen-bond donors (Lipinski definition) is 2. The Kier molecular flexibility index (Phi) is 3.73. The molecule has 0 bridgehead atoms. The molecule has 0 aliphatic heterocycles. The van der Waals surface area contributed by atoms with Gasteiger partial charge in [-0.2, -0.15) is 0 Å². The zero-order valence-corrected chi connectivity index (χ0v) is 12.6. The highest BCUT2D eigenvalue weighted by Crippen LogP contribution is 2.23. The summed E-state index contributed by atoms with van der Waals surface area (Å²) < 4.78 is 2.22. The molecule has 4 nitrogen and oxygen atoms in total. The molecule has 100 valence electrons. The van der Waals surface area contributed by atoms with Crippen LogP contribution in [0.15, 0.2) is 18.2 Å². The number of benzene rings is 1. The lowest BCUT2D eigenvalue weighted by atomic mass is 10.1. The van der Waals surface area contributed by atoms with Crippen molar-refractivity contribution in [3.63, 3.8) is 0 Å². The predicted molar refractivity (Wildman–Crippen MR) is 82.4 cm³/mol. The van der Waals surface area contributed by atoms with E-state index in [1.165, 1.54) is 11.3 Å². The highest BCUT2D eigenvalue weighted by atomic mass is 32.1. The van der Waals surface area contributed by atoms with Crippen LogP contribution in [0.3, 0.4) is 0 Å². The molecule has 0 fully saturated rings. The molecule has 1 aromatic heterocycles. The van der Waals surface area contributed by atoms with Crippen molar-refractivity contribution >= 4 is 41.0 Å². The summed E-state index contributed by atoms with van der Waals surface area (Å²) in [5, 5.41) is 2.88. The summed E-state index contributed by atoms with van der Waals surface area (Å²) in [5.74, 6) is 0.181. The highest BCUT2D eigenvalue weighted by Gasteiger charge is 2.16. The molecular formula is C13H15N3OS2. The Bertz CT molecular complexity index is 700. The molecule has 0 saturated heterocycles. The summed E-state index contributed by atoms with van der Waals surface area (Å²) in [6, 6.07) is 5.92. The first kappa shape index (κ1) is 13.8. The Morgan fingerprint density at radius 1 is 1.42 bits per heavy atom. The number of aromatic nitrogens is 1. The SMILES string of the molecule is Cc1ccc(C)c(NC(=O)c2sc(=S)n(C)c2N)c1. The maximum Gasteiger partial charge on any atom is 0.269 e. The van der Waals surface area contributed by atoms with E-state index in [0.717, 1.165) is 16.8 Å². The lowest BCUT2D eigenvalue weighted by Crippen LogP contribution is -2.14. The van der Waals surface area contributed by atoms with Gasteiger partial charge in [-0.15, -0.1) is 0 Å². The topological polar surface area (TPSA) is 60.0 Å². The van der Waals surface area contributed by atoms with E-state index >= 15 is 0 Å². The average molecular weight is 293 g/mol. The third-order valence-corrected chi connectivity index (χ3v) is 4.48. The molecule has 0 radical (unpaired) electrons. The van der Waals surface area contributed by atoms with Gasteiger partial charge >= 0.3 is 0 Å². The van der Waals surface area contributed by atoms with Crippen molar-refractivity contribution in [3.8, 4) is 0 Å². The highest BCUT2D eigenvalue weighted by molar-refractivity contribution is 7.73. The number of rotatable bonds is 2.